The maximum atomic E-state index is 5.96. The van der Waals surface area contributed by atoms with Gasteiger partial charge in [0.2, 0.25) is 0 Å². The van der Waals surface area contributed by atoms with Crippen molar-refractivity contribution in [3.8, 4) is 0 Å². The summed E-state index contributed by atoms with van der Waals surface area (Å²) in [5.74, 6) is 0. The summed E-state index contributed by atoms with van der Waals surface area (Å²) in [6, 6.07) is 6.67. The number of nitrogens with one attached hydrogen (secondary N) is 1. The number of hydrogen-bond acceptors (Lipinski definition) is 4. The summed E-state index contributed by atoms with van der Waals surface area (Å²) in [6.45, 7) is 1.23. The Morgan fingerprint density at radius 2 is 1.67 bits per heavy atom. The smallest absolute Gasteiger partial charge is 0.385 e. The third kappa shape index (κ3) is 5.94. The average molecular weight is 373 g/mol. The number of benzene rings is 1. The van der Waals surface area contributed by atoms with Crippen LogP contribution < -0.4 is 5.32 Å². The fraction of sp³-hybridized carbons (Fsp3) is 0.538. The van der Waals surface area contributed by atoms with Crippen LogP contribution in [0.2, 0.25) is 0 Å². The van der Waals surface area contributed by atoms with Crippen molar-refractivity contribution in [2.24, 2.45) is 0 Å². The van der Waals surface area contributed by atoms with E-state index in [2.05, 4.69) is 5.32 Å². The molecule has 0 spiro atoms. The van der Waals surface area contributed by atoms with Crippen molar-refractivity contribution >= 4 is 44.9 Å². The number of anilines is 1. The minimum Gasteiger partial charge on any atom is -0.385 e. The number of hydrogen-bond donors (Lipinski definition) is 1. The summed E-state index contributed by atoms with van der Waals surface area (Å²) in [4.78, 5) is 0. The molecule has 8 heteroatoms. The number of ether oxygens (including phenoxy) is 3. The molecule has 120 valence electrons. The van der Waals surface area contributed by atoms with E-state index in [0.29, 0.717) is 6.61 Å². The van der Waals surface area contributed by atoms with Crippen molar-refractivity contribution in [3.05, 3.63) is 30.3 Å². The molecular formula is C13H20Cl3NO3Si. The van der Waals surface area contributed by atoms with Crippen LogP contribution in [0.1, 0.15) is 12.8 Å². The van der Waals surface area contributed by atoms with Gasteiger partial charge in [-0.05, 0) is 25.0 Å². The molecule has 0 aliphatic heterocycles. The summed E-state index contributed by atoms with van der Waals surface area (Å²) < 4.78 is 15.8. The molecule has 0 bridgehead atoms. The minimum absolute atomic E-state index is 0.388. The lowest BCUT2D eigenvalue weighted by atomic mass is 10.3. The van der Waals surface area contributed by atoms with Crippen LogP contribution in [0, 0.1) is 0 Å². The van der Waals surface area contributed by atoms with E-state index in [1.54, 1.807) is 0 Å². The second kappa shape index (κ2) is 9.20. The number of rotatable bonds is 10. The highest BCUT2D eigenvalue weighted by molar-refractivity contribution is 7.65. The molecule has 0 unspecified atom stereocenters. The Hall–Kier alpha value is -0.0131. The van der Waals surface area contributed by atoms with Gasteiger partial charge >= 0.3 is 11.6 Å². The minimum atomic E-state index is -3.32. The lowest BCUT2D eigenvalue weighted by molar-refractivity contribution is -0.307. The molecule has 0 fully saturated rings. The van der Waals surface area contributed by atoms with E-state index in [0.717, 1.165) is 25.1 Å². The maximum Gasteiger partial charge on any atom is 0.440 e. The molecule has 0 aliphatic carbocycles. The summed E-state index contributed by atoms with van der Waals surface area (Å²) in [6.07, 6.45) is 1.71. The Labute approximate surface area is 140 Å². The lowest BCUT2D eigenvalue weighted by Crippen LogP contribution is -2.53. The highest BCUT2D eigenvalue weighted by Gasteiger charge is 2.55. The molecule has 0 aliphatic rings. The SMILES string of the molecule is COC(OC)(OCCCCNc1ccccc1)[Si](Cl)(Cl)Cl. The molecule has 0 saturated carbocycles. The van der Waals surface area contributed by atoms with Crippen molar-refractivity contribution in [3.63, 3.8) is 0 Å². The van der Waals surface area contributed by atoms with Crippen molar-refractivity contribution in [2.75, 3.05) is 32.7 Å². The van der Waals surface area contributed by atoms with Crippen LogP contribution in [0.25, 0.3) is 0 Å². The zero-order chi connectivity index (χ0) is 15.8. The Morgan fingerprint density at radius 3 is 2.19 bits per heavy atom. The van der Waals surface area contributed by atoms with E-state index in [9.17, 15) is 0 Å². The Kier molecular flexibility index (Phi) is 8.34. The quantitative estimate of drug-likeness (QED) is 0.291. The van der Waals surface area contributed by atoms with Crippen LogP contribution in [0.5, 0.6) is 0 Å². The molecule has 1 aromatic rings. The molecule has 21 heavy (non-hydrogen) atoms. The molecule has 0 aromatic heterocycles. The van der Waals surface area contributed by atoms with Crippen LogP contribution >= 0.6 is 33.2 Å². The van der Waals surface area contributed by atoms with Gasteiger partial charge in [0.1, 0.15) is 0 Å². The van der Waals surface area contributed by atoms with Gasteiger partial charge in [0.25, 0.3) is 0 Å². The predicted octanol–water partition coefficient (Wildman–Crippen LogP) is 4.04. The van der Waals surface area contributed by atoms with E-state index in [4.69, 9.17) is 47.4 Å². The molecule has 0 atom stereocenters. The first kappa shape index (κ1) is 19.0. The third-order valence-corrected chi connectivity index (χ3v) is 6.18. The van der Waals surface area contributed by atoms with Gasteiger partial charge in [-0.15, -0.1) is 33.2 Å². The van der Waals surface area contributed by atoms with Crippen LogP contribution in [0.3, 0.4) is 0 Å². The zero-order valence-corrected chi connectivity index (χ0v) is 15.3. The molecule has 0 saturated heterocycles. The monoisotopic (exact) mass is 371 g/mol. The largest absolute Gasteiger partial charge is 0.440 e. The highest BCUT2D eigenvalue weighted by Crippen LogP contribution is 2.37. The van der Waals surface area contributed by atoms with Gasteiger partial charge < -0.3 is 19.5 Å². The van der Waals surface area contributed by atoms with Crippen molar-refractivity contribution in [1.82, 2.24) is 0 Å². The number of para-hydroxylation sites is 1. The summed E-state index contributed by atoms with van der Waals surface area (Å²) >= 11 is 17.9. The van der Waals surface area contributed by atoms with Gasteiger partial charge in [-0.25, -0.2) is 0 Å². The molecule has 0 heterocycles. The zero-order valence-electron chi connectivity index (χ0n) is 12.1. The highest BCUT2D eigenvalue weighted by atomic mass is 35.8. The van der Waals surface area contributed by atoms with Crippen molar-refractivity contribution < 1.29 is 14.2 Å². The number of unbranched alkanes of at least 4 members (excludes halogenated alkanes) is 1. The summed E-state index contributed by atoms with van der Waals surface area (Å²) in [5.41, 5.74) is -0.458. The first-order valence-corrected chi connectivity index (χ1v) is 11.6. The summed E-state index contributed by atoms with van der Waals surface area (Å²) in [7, 11) is 2.80. The van der Waals surface area contributed by atoms with Gasteiger partial charge in [-0.3, -0.25) is 0 Å². The standard InChI is InChI=1S/C13H20Cl3NO3Si/c1-18-13(19-2,21(14,15)16)20-11-7-6-10-17-12-8-4-3-5-9-12/h3-5,8-9,17H,6-7,10-11H2,1-2H3. The molecule has 4 nitrogen and oxygen atoms in total. The van der Waals surface area contributed by atoms with Crippen molar-refractivity contribution in [2.45, 2.75) is 18.4 Å². The third-order valence-electron chi connectivity index (χ3n) is 2.85. The van der Waals surface area contributed by atoms with Crippen molar-refractivity contribution in [1.29, 1.82) is 0 Å². The van der Waals surface area contributed by atoms with E-state index >= 15 is 0 Å². The first-order valence-electron chi connectivity index (χ1n) is 6.55. The van der Waals surface area contributed by atoms with Crippen LogP contribution in [-0.2, 0) is 14.2 Å². The Balaban J connectivity index is 2.26. The molecule has 0 amide bonds. The van der Waals surface area contributed by atoms with Crippen LogP contribution in [0.4, 0.5) is 5.69 Å². The van der Waals surface area contributed by atoms with Gasteiger partial charge in [0.05, 0.1) is 6.61 Å². The number of methoxy groups -OCH3 is 2. The van der Waals surface area contributed by atoms with Gasteiger partial charge in [0, 0.05) is 26.5 Å². The Morgan fingerprint density at radius 1 is 1.05 bits per heavy atom. The molecular weight excluding hydrogens is 353 g/mol. The van der Waals surface area contributed by atoms with E-state index in [1.807, 2.05) is 30.3 Å². The second-order valence-corrected chi connectivity index (χ2v) is 12.8. The average Bonchev–Trinajstić information content (AvgIpc) is 2.47. The van der Waals surface area contributed by atoms with E-state index in [-0.39, 0.29) is 0 Å². The molecule has 1 N–H and O–H groups in total. The fourth-order valence-electron chi connectivity index (χ4n) is 1.74. The first-order chi connectivity index (χ1) is 9.95. The summed E-state index contributed by atoms with van der Waals surface area (Å²) in [5, 5.41) is 3.31. The van der Waals surface area contributed by atoms with E-state index < -0.39 is 11.6 Å². The predicted molar refractivity (Wildman–Crippen MR) is 90.2 cm³/mol. The maximum absolute atomic E-state index is 5.96. The second-order valence-electron chi connectivity index (χ2n) is 4.31. The number of halogens is 3. The van der Waals surface area contributed by atoms with Gasteiger partial charge in [-0.2, -0.15) is 0 Å². The van der Waals surface area contributed by atoms with E-state index in [1.165, 1.54) is 14.2 Å². The molecule has 0 radical (unpaired) electrons. The molecule has 1 aromatic carbocycles. The molecule has 1 rings (SSSR count). The van der Waals surface area contributed by atoms with Gasteiger partial charge in [-0.1, -0.05) is 18.2 Å². The lowest BCUT2D eigenvalue weighted by Gasteiger charge is -2.34. The normalized spacial score (nSPS) is 12.4. The Bertz CT molecular complexity index is 399. The topological polar surface area (TPSA) is 39.7 Å². The van der Waals surface area contributed by atoms with Crippen LogP contribution in [0.15, 0.2) is 30.3 Å². The van der Waals surface area contributed by atoms with Crippen LogP contribution in [-0.4, -0.2) is 39.0 Å². The van der Waals surface area contributed by atoms with Gasteiger partial charge in [0.15, 0.2) is 0 Å². The fourth-order valence-corrected chi connectivity index (χ4v) is 4.35.